The van der Waals surface area contributed by atoms with E-state index in [-0.39, 0.29) is 0 Å². The highest BCUT2D eigenvalue weighted by atomic mass is 28.4. The summed E-state index contributed by atoms with van der Waals surface area (Å²) in [5.41, 5.74) is 1.01. The number of hydrogen-bond acceptors (Lipinski definition) is 3. The lowest BCUT2D eigenvalue weighted by molar-refractivity contribution is 0.320. The molecule has 92 valence electrons. The molecule has 0 spiro atoms. The highest BCUT2D eigenvalue weighted by Crippen LogP contribution is 2.31. The SMILES string of the molecule is Cc1c[13c](O[Si](C)(C)C)oc1O[Si](C)(C)C. The van der Waals surface area contributed by atoms with Crippen LogP contribution in [-0.2, 0) is 0 Å². The molecule has 0 saturated heterocycles. The zero-order valence-electron chi connectivity index (χ0n) is 11.3. The molecule has 0 aliphatic rings. The molecule has 1 aromatic heterocycles. The Balaban J connectivity index is 2.82. The fraction of sp³-hybridized carbons (Fsp3) is 0.636. The van der Waals surface area contributed by atoms with Gasteiger partial charge in [-0.05, 0) is 46.2 Å². The normalized spacial score (nSPS) is 12.7. The monoisotopic (exact) mass is 259 g/mol. The van der Waals surface area contributed by atoms with Gasteiger partial charge in [-0.1, -0.05) is 0 Å². The summed E-state index contributed by atoms with van der Waals surface area (Å²) in [5, 5.41) is 0. The molecule has 3 nitrogen and oxygen atoms in total. The molecule has 0 bridgehead atoms. The maximum Gasteiger partial charge on any atom is 0.276 e. The fourth-order valence-electron chi connectivity index (χ4n) is 1.17. The average Bonchev–Trinajstić information content (AvgIpc) is 2.23. The van der Waals surface area contributed by atoms with Crippen LogP contribution in [0.1, 0.15) is 5.56 Å². The van der Waals surface area contributed by atoms with Crippen molar-refractivity contribution in [1.82, 2.24) is 0 Å². The van der Waals surface area contributed by atoms with E-state index in [1.807, 2.05) is 13.0 Å². The molecule has 0 aliphatic carbocycles. The van der Waals surface area contributed by atoms with Crippen LogP contribution in [0.2, 0.25) is 39.3 Å². The maximum atomic E-state index is 5.84. The van der Waals surface area contributed by atoms with Crippen LogP contribution in [0.3, 0.4) is 0 Å². The number of rotatable bonds is 4. The van der Waals surface area contributed by atoms with Gasteiger partial charge in [0.05, 0.1) is 0 Å². The molecule has 0 aliphatic heterocycles. The second-order valence-electron chi connectivity index (χ2n) is 5.96. The van der Waals surface area contributed by atoms with E-state index in [0.29, 0.717) is 11.9 Å². The van der Waals surface area contributed by atoms with Gasteiger partial charge in [0, 0.05) is 11.6 Å². The number of furan rings is 1. The van der Waals surface area contributed by atoms with Crippen molar-refractivity contribution >= 4 is 16.6 Å². The molecule has 0 radical (unpaired) electrons. The largest absolute Gasteiger partial charge is 0.519 e. The van der Waals surface area contributed by atoms with Crippen LogP contribution < -0.4 is 8.85 Å². The van der Waals surface area contributed by atoms with Crippen LogP contribution in [-0.4, -0.2) is 16.6 Å². The van der Waals surface area contributed by atoms with E-state index in [1.54, 1.807) is 0 Å². The maximum absolute atomic E-state index is 5.84. The van der Waals surface area contributed by atoms with Crippen molar-refractivity contribution in [1.29, 1.82) is 0 Å². The van der Waals surface area contributed by atoms with Gasteiger partial charge in [0.15, 0.2) is 0 Å². The van der Waals surface area contributed by atoms with Crippen molar-refractivity contribution in [3.8, 4) is 11.9 Å². The van der Waals surface area contributed by atoms with E-state index in [2.05, 4.69) is 39.3 Å². The van der Waals surface area contributed by atoms with Crippen molar-refractivity contribution in [2.24, 2.45) is 0 Å². The van der Waals surface area contributed by atoms with Gasteiger partial charge in [0.1, 0.15) is 0 Å². The van der Waals surface area contributed by atoms with E-state index in [0.717, 1.165) is 5.56 Å². The van der Waals surface area contributed by atoms with Crippen molar-refractivity contribution in [3.63, 3.8) is 0 Å². The minimum atomic E-state index is -1.61. The van der Waals surface area contributed by atoms with Crippen LogP contribution in [0.5, 0.6) is 11.9 Å². The second kappa shape index (κ2) is 4.29. The zero-order valence-corrected chi connectivity index (χ0v) is 13.3. The summed E-state index contributed by atoms with van der Waals surface area (Å²) >= 11 is 0. The number of aryl methyl sites for hydroxylation is 1. The Morgan fingerprint density at radius 2 is 1.44 bits per heavy atom. The lowest BCUT2D eigenvalue weighted by Gasteiger charge is -2.18. The van der Waals surface area contributed by atoms with Crippen LogP contribution in [0.4, 0.5) is 0 Å². The van der Waals surface area contributed by atoms with Crippen LogP contribution in [0.25, 0.3) is 0 Å². The number of hydrogen-bond donors (Lipinski definition) is 0. The topological polar surface area (TPSA) is 31.6 Å². The first-order valence-electron chi connectivity index (χ1n) is 5.55. The van der Waals surface area contributed by atoms with Crippen molar-refractivity contribution in [2.75, 3.05) is 0 Å². The van der Waals surface area contributed by atoms with Crippen molar-refractivity contribution in [3.05, 3.63) is 11.6 Å². The fourth-order valence-corrected chi connectivity index (χ4v) is 2.63. The minimum absolute atomic E-state index is 0.588. The summed E-state index contributed by atoms with van der Waals surface area (Å²) in [4.78, 5) is 0. The molecule has 0 fully saturated rings. The van der Waals surface area contributed by atoms with Crippen LogP contribution in [0.15, 0.2) is 10.5 Å². The van der Waals surface area contributed by atoms with Crippen molar-refractivity contribution < 1.29 is 13.3 Å². The Labute approximate surface area is 100 Å². The molecule has 0 amide bonds. The van der Waals surface area contributed by atoms with E-state index < -0.39 is 16.6 Å². The summed E-state index contributed by atoms with van der Waals surface area (Å²) in [6.45, 7) is 14.8. The third-order valence-corrected chi connectivity index (χ3v) is 3.27. The van der Waals surface area contributed by atoms with Gasteiger partial charge in [-0.25, -0.2) is 0 Å². The Kier molecular flexibility index (Phi) is 3.59. The molecule has 1 rings (SSSR count). The van der Waals surface area contributed by atoms with Gasteiger partial charge in [0.25, 0.3) is 11.9 Å². The molecule has 1 heterocycles. The predicted octanol–water partition coefficient (Wildman–Crippen LogP) is 4.02. The Morgan fingerprint density at radius 1 is 0.938 bits per heavy atom. The minimum Gasteiger partial charge on any atom is -0.519 e. The molecular weight excluding hydrogens is 237 g/mol. The van der Waals surface area contributed by atoms with Crippen LogP contribution in [0, 0.1) is 6.92 Å². The van der Waals surface area contributed by atoms with Gasteiger partial charge in [-0.2, -0.15) is 0 Å². The first kappa shape index (κ1) is 13.4. The summed E-state index contributed by atoms with van der Waals surface area (Å²) in [7, 11) is -3.22. The van der Waals surface area contributed by atoms with E-state index in [4.69, 9.17) is 13.3 Å². The quantitative estimate of drug-likeness (QED) is 0.766. The molecule has 5 heteroatoms. The summed E-state index contributed by atoms with van der Waals surface area (Å²) in [6, 6.07) is 1.91. The molecular formula is C11H22O3Si2. The van der Waals surface area contributed by atoms with Gasteiger partial charge in [0.2, 0.25) is 16.6 Å². The van der Waals surface area contributed by atoms with E-state index in [9.17, 15) is 0 Å². The summed E-state index contributed by atoms with van der Waals surface area (Å²) in [5.74, 6) is 1.21. The van der Waals surface area contributed by atoms with E-state index in [1.165, 1.54) is 0 Å². The molecule has 0 aromatic carbocycles. The lowest BCUT2D eigenvalue weighted by Crippen LogP contribution is -2.29. The first-order valence-corrected chi connectivity index (χ1v) is 12.4. The first-order chi connectivity index (χ1) is 7.07. The molecule has 16 heavy (non-hydrogen) atoms. The van der Waals surface area contributed by atoms with Crippen LogP contribution >= 0.6 is 0 Å². The summed E-state index contributed by atoms with van der Waals surface area (Å²) < 4.78 is 17.2. The van der Waals surface area contributed by atoms with Gasteiger partial charge >= 0.3 is 0 Å². The van der Waals surface area contributed by atoms with Gasteiger partial charge in [-0.3, -0.25) is 0 Å². The highest BCUT2D eigenvalue weighted by Gasteiger charge is 2.23. The molecule has 1 aromatic rings. The standard InChI is InChI=1S/C11H22O3Si2/c1-9-8-10(13-15(2,3)4)12-11(9)14-16(5,6)7/h8H,1-7H3/i10+1. The predicted molar refractivity (Wildman–Crippen MR) is 71.4 cm³/mol. The highest BCUT2D eigenvalue weighted by molar-refractivity contribution is 6.70. The third kappa shape index (κ3) is 4.44. The third-order valence-electron chi connectivity index (χ3n) is 1.66. The second-order valence-corrected chi connectivity index (χ2v) is 14.8. The Bertz CT molecular complexity index is 358. The molecule has 0 atom stereocenters. The molecule has 0 unspecified atom stereocenters. The average molecular weight is 259 g/mol. The van der Waals surface area contributed by atoms with E-state index >= 15 is 0 Å². The zero-order chi connectivity index (χ0) is 12.6. The molecule has 0 N–H and O–H groups in total. The Morgan fingerprint density at radius 3 is 1.88 bits per heavy atom. The molecule has 0 saturated carbocycles. The van der Waals surface area contributed by atoms with Gasteiger partial charge in [-0.15, -0.1) is 0 Å². The smallest absolute Gasteiger partial charge is 0.276 e. The Hall–Kier alpha value is -0.686. The van der Waals surface area contributed by atoms with Gasteiger partial charge < -0.3 is 13.3 Å². The summed E-state index contributed by atoms with van der Waals surface area (Å²) in [6.07, 6.45) is 0. The van der Waals surface area contributed by atoms with Crippen molar-refractivity contribution in [2.45, 2.75) is 46.2 Å². The lowest BCUT2D eigenvalue weighted by atomic mass is 10.4.